The Morgan fingerprint density at radius 2 is 1.46 bits per heavy atom. The number of carbonyl (C=O) groups excluding carboxylic acids is 1. The summed E-state index contributed by atoms with van der Waals surface area (Å²) < 4.78 is 32.6. The number of rotatable bonds is 5. The van der Waals surface area contributed by atoms with Gasteiger partial charge in [0.15, 0.2) is 0 Å². The molecule has 2 heterocycles. The number of hydrogen-bond donors (Lipinski definition) is 0. The second-order valence-corrected chi connectivity index (χ2v) is 18.4. The van der Waals surface area contributed by atoms with Gasteiger partial charge in [0.1, 0.15) is 26.2 Å². The van der Waals surface area contributed by atoms with Crippen molar-refractivity contribution in [1.29, 1.82) is 0 Å². The van der Waals surface area contributed by atoms with Gasteiger partial charge in [0.25, 0.3) is 0 Å². The Balaban J connectivity index is 2.54. The van der Waals surface area contributed by atoms with Crippen molar-refractivity contribution in [1.82, 2.24) is 0 Å². The zero-order valence-electron chi connectivity index (χ0n) is 19.3. The maximum atomic E-state index is 11.7. The van der Waals surface area contributed by atoms with E-state index in [1.807, 2.05) is 7.85 Å². The first-order chi connectivity index (χ1) is 12.9. The highest BCUT2D eigenvalue weighted by molar-refractivity contribution is 6.84. The minimum atomic E-state index is -2.72. The fourth-order valence-corrected chi connectivity index (χ4v) is 15.9. The van der Waals surface area contributed by atoms with Crippen molar-refractivity contribution < 1.29 is 27.2 Å². The second-order valence-electron chi connectivity index (χ2n) is 9.51. The third kappa shape index (κ3) is 4.30. The quantitative estimate of drug-likeness (QED) is 0.493. The summed E-state index contributed by atoms with van der Waals surface area (Å²) in [7, 11) is -3.35. The first-order valence-electron chi connectivity index (χ1n) is 10.7. The Bertz CT molecular complexity index is 541. The van der Waals surface area contributed by atoms with Gasteiger partial charge in [0.05, 0.1) is 12.6 Å². The number of fused-ring (bicyclic) bond motifs is 1. The minimum Gasteiger partial charge on any atom is -0.458 e. The van der Waals surface area contributed by atoms with Crippen LogP contribution in [0.3, 0.4) is 0 Å². The van der Waals surface area contributed by atoms with Gasteiger partial charge < -0.3 is 22.4 Å². The van der Waals surface area contributed by atoms with Crippen LogP contribution in [-0.4, -0.2) is 61.9 Å². The molecule has 0 radical (unpaired) electrons. The van der Waals surface area contributed by atoms with Crippen LogP contribution in [0, 0.1) is 0 Å². The molecule has 2 rings (SSSR count). The second kappa shape index (κ2) is 8.89. The van der Waals surface area contributed by atoms with Gasteiger partial charge in [0, 0.05) is 6.92 Å². The van der Waals surface area contributed by atoms with Crippen LogP contribution < -0.4 is 0 Å². The highest BCUT2D eigenvalue weighted by atomic mass is 28.5. The molecule has 0 aliphatic carbocycles. The third-order valence-corrected chi connectivity index (χ3v) is 16.4. The van der Waals surface area contributed by atoms with E-state index in [-0.39, 0.29) is 35.3 Å². The maximum absolute atomic E-state index is 11.7. The van der Waals surface area contributed by atoms with Gasteiger partial charge in [-0.2, -0.15) is 0 Å². The van der Waals surface area contributed by atoms with E-state index in [1.54, 1.807) is 0 Å². The highest BCUT2D eigenvalue weighted by Gasteiger charge is 2.61. The smallest absolute Gasteiger partial charge is 0.335 e. The lowest BCUT2D eigenvalue weighted by Crippen LogP contribution is -2.66. The average Bonchev–Trinajstić information content (AvgIpc) is 2.81. The van der Waals surface area contributed by atoms with Gasteiger partial charge in [-0.25, -0.2) is 0 Å². The lowest BCUT2D eigenvalue weighted by molar-refractivity contribution is -0.151. The molecule has 4 atom stereocenters. The zero-order chi connectivity index (χ0) is 21.4. The Hall–Kier alpha value is -0.191. The van der Waals surface area contributed by atoms with E-state index in [9.17, 15) is 4.79 Å². The van der Waals surface area contributed by atoms with E-state index in [4.69, 9.17) is 22.4 Å². The molecule has 0 unspecified atom stereocenters. The van der Waals surface area contributed by atoms with Crippen molar-refractivity contribution in [2.24, 2.45) is 0 Å². The van der Waals surface area contributed by atoms with E-state index in [0.29, 0.717) is 17.7 Å². The van der Waals surface area contributed by atoms with Crippen molar-refractivity contribution in [2.45, 2.75) is 109 Å². The van der Waals surface area contributed by atoms with Crippen LogP contribution in [0.4, 0.5) is 0 Å². The molecule has 2 fully saturated rings. The Morgan fingerprint density at radius 3 is 1.89 bits per heavy atom. The van der Waals surface area contributed by atoms with Crippen molar-refractivity contribution in [3.8, 4) is 0 Å². The van der Waals surface area contributed by atoms with E-state index < -0.39 is 23.2 Å². The van der Waals surface area contributed by atoms with E-state index >= 15 is 0 Å². The molecule has 0 bridgehead atoms. The molecule has 0 spiro atoms. The lowest BCUT2D eigenvalue weighted by atomic mass is 9.93. The minimum absolute atomic E-state index is 0.230. The van der Waals surface area contributed by atoms with Crippen LogP contribution in [-0.2, 0) is 27.2 Å². The molecule has 162 valence electrons. The molecule has 2 saturated heterocycles. The molecular formula is C19H39BO6Si2. The molecule has 0 N–H and O–H groups in total. The summed E-state index contributed by atoms with van der Waals surface area (Å²) in [6, 6.07) is -0.235. The molecule has 0 aromatic rings. The summed E-state index contributed by atoms with van der Waals surface area (Å²) in [5.74, 6) is -0.317. The van der Waals surface area contributed by atoms with Gasteiger partial charge in [-0.05, 0) is 22.2 Å². The van der Waals surface area contributed by atoms with Gasteiger partial charge in [-0.1, -0.05) is 55.4 Å². The third-order valence-electron chi connectivity index (χ3n) is 6.18. The monoisotopic (exact) mass is 430 g/mol. The Morgan fingerprint density at radius 1 is 0.964 bits per heavy atom. The Kier molecular flexibility index (Phi) is 7.65. The largest absolute Gasteiger partial charge is 0.458 e. The summed E-state index contributed by atoms with van der Waals surface area (Å²) in [5, 5.41) is 0. The molecule has 9 heteroatoms. The Labute approximate surface area is 173 Å². The number of ether oxygens (including phenoxy) is 2. The van der Waals surface area contributed by atoms with Crippen molar-refractivity contribution in [3.63, 3.8) is 0 Å². The summed E-state index contributed by atoms with van der Waals surface area (Å²) in [6.45, 7) is 19.4. The predicted octanol–water partition coefficient (Wildman–Crippen LogP) is 3.23. The molecule has 2 aliphatic rings. The zero-order valence-corrected chi connectivity index (χ0v) is 21.3. The normalized spacial score (nSPS) is 32.5. The van der Waals surface area contributed by atoms with E-state index in [1.165, 1.54) is 6.92 Å². The van der Waals surface area contributed by atoms with E-state index in [0.717, 1.165) is 0 Å². The van der Waals surface area contributed by atoms with Crippen LogP contribution in [0.15, 0.2) is 0 Å². The molecule has 28 heavy (non-hydrogen) atoms. The van der Waals surface area contributed by atoms with Gasteiger partial charge in [-0.3, -0.25) is 4.79 Å². The maximum Gasteiger partial charge on any atom is 0.335 e. The molecule has 0 saturated carbocycles. The molecule has 0 aromatic carbocycles. The molecule has 0 amide bonds. The number of esters is 1. The predicted molar refractivity (Wildman–Crippen MR) is 117 cm³/mol. The van der Waals surface area contributed by atoms with Gasteiger partial charge in [0.2, 0.25) is 0 Å². The van der Waals surface area contributed by atoms with Crippen LogP contribution in [0.5, 0.6) is 0 Å². The van der Waals surface area contributed by atoms with Gasteiger partial charge >= 0.3 is 23.1 Å². The first-order valence-corrected chi connectivity index (χ1v) is 14.7. The van der Waals surface area contributed by atoms with Crippen molar-refractivity contribution >= 4 is 30.9 Å². The number of hydrogen-bond acceptors (Lipinski definition) is 6. The number of carbonyl (C=O) groups is 1. The topological polar surface area (TPSA) is 63.2 Å². The summed E-state index contributed by atoms with van der Waals surface area (Å²) >= 11 is 0. The summed E-state index contributed by atoms with van der Waals surface area (Å²) in [4.78, 5) is 11.7. The first kappa shape index (κ1) is 24.1. The SMILES string of the molecule is B[C@@H]1O[C@@H]2CO[Si](C(C)C)(C(C)C)O[Si](C(C)C)(C(C)C)O[C@H]2[C@@H]1OC(C)=O. The van der Waals surface area contributed by atoms with E-state index in [2.05, 4.69) is 55.4 Å². The fraction of sp³-hybridized carbons (Fsp3) is 0.947. The highest BCUT2D eigenvalue weighted by Crippen LogP contribution is 2.47. The lowest BCUT2D eigenvalue weighted by Gasteiger charge is -2.51. The molecular weight excluding hydrogens is 391 g/mol. The standard InChI is InChI=1S/C19H39BO6Si2/c1-11(2)27(12(3)4)22-10-16-17(18(19(20)24-16)23-15(9)21)25-28(26-27,13(5)6)14(7)8/h11-14,16-19H,10,20H2,1-9H3/t16-,17-,18+,19-/m1/s1. The van der Waals surface area contributed by atoms with Crippen molar-refractivity contribution in [2.75, 3.05) is 6.61 Å². The van der Waals surface area contributed by atoms with Crippen LogP contribution in [0.2, 0.25) is 22.2 Å². The van der Waals surface area contributed by atoms with Crippen LogP contribution in [0.25, 0.3) is 0 Å². The summed E-state index contributed by atoms with van der Waals surface area (Å²) in [6.07, 6.45) is -1.05. The molecule has 6 nitrogen and oxygen atoms in total. The van der Waals surface area contributed by atoms with Gasteiger partial charge in [-0.15, -0.1) is 0 Å². The van der Waals surface area contributed by atoms with Crippen LogP contribution in [0.1, 0.15) is 62.3 Å². The fourth-order valence-electron chi connectivity index (χ4n) is 4.68. The summed E-state index contributed by atoms with van der Waals surface area (Å²) in [5.41, 5.74) is 1.04. The average molecular weight is 430 g/mol. The van der Waals surface area contributed by atoms with Crippen LogP contribution >= 0.6 is 0 Å². The van der Waals surface area contributed by atoms with Crippen molar-refractivity contribution in [3.05, 3.63) is 0 Å². The molecule has 0 aromatic heterocycles. The molecule has 2 aliphatic heterocycles.